The molecule has 1 aliphatic heterocycles. The molecule has 0 saturated carbocycles. The standard InChI is InChI=1S/C10H14N2O2S/c13-10(14)8-7-15-9(11-8)3-6-12-4-1-2-5-12/h7H,1-6H2,(H,13,14). The van der Waals surface area contributed by atoms with Crippen molar-refractivity contribution < 1.29 is 9.90 Å². The molecule has 0 aliphatic carbocycles. The van der Waals surface area contributed by atoms with Crippen molar-refractivity contribution in [1.29, 1.82) is 0 Å². The predicted molar refractivity (Wildman–Crippen MR) is 58.5 cm³/mol. The van der Waals surface area contributed by atoms with Crippen LogP contribution in [0.3, 0.4) is 0 Å². The van der Waals surface area contributed by atoms with E-state index >= 15 is 0 Å². The monoisotopic (exact) mass is 226 g/mol. The maximum absolute atomic E-state index is 10.6. The quantitative estimate of drug-likeness (QED) is 0.845. The number of carbonyl (C=O) groups is 1. The van der Waals surface area contributed by atoms with Gasteiger partial charge in [-0.15, -0.1) is 11.3 Å². The van der Waals surface area contributed by atoms with Crippen LogP contribution < -0.4 is 0 Å². The van der Waals surface area contributed by atoms with Crippen LogP contribution in [0.2, 0.25) is 0 Å². The Morgan fingerprint density at radius 3 is 2.87 bits per heavy atom. The van der Waals surface area contributed by atoms with Gasteiger partial charge in [0.05, 0.1) is 5.01 Å². The van der Waals surface area contributed by atoms with Crippen LogP contribution in [0.4, 0.5) is 0 Å². The number of hydrogen-bond donors (Lipinski definition) is 1. The van der Waals surface area contributed by atoms with Crippen molar-refractivity contribution in [2.24, 2.45) is 0 Å². The van der Waals surface area contributed by atoms with Gasteiger partial charge in [-0.1, -0.05) is 0 Å². The molecule has 2 rings (SSSR count). The van der Waals surface area contributed by atoms with Crippen molar-refractivity contribution in [3.63, 3.8) is 0 Å². The average Bonchev–Trinajstić information content (AvgIpc) is 2.86. The van der Waals surface area contributed by atoms with Gasteiger partial charge in [0, 0.05) is 18.3 Å². The third kappa shape index (κ3) is 2.76. The van der Waals surface area contributed by atoms with E-state index in [1.807, 2.05) is 0 Å². The predicted octanol–water partition coefficient (Wildman–Crippen LogP) is 1.48. The summed E-state index contributed by atoms with van der Waals surface area (Å²) < 4.78 is 0. The van der Waals surface area contributed by atoms with Crippen molar-refractivity contribution in [2.75, 3.05) is 19.6 Å². The lowest BCUT2D eigenvalue weighted by Gasteiger charge is -2.12. The highest BCUT2D eigenvalue weighted by Crippen LogP contribution is 2.13. The zero-order valence-electron chi connectivity index (χ0n) is 8.48. The van der Waals surface area contributed by atoms with E-state index in [4.69, 9.17) is 5.11 Å². The van der Waals surface area contributed by atoms with Gasteiger partial charge in [-0.25, -0.2) is 9.78 Å². The highest BCUT2D eigenvalue weighted by molar-refractivity contribution is 7.09. The Bertz CT molecular complexity index is 345. The van der Waals surface area contributed by atoms with Crippen LogP contribution in [0.15, 0.2) is 5.38 Å². The van der Waals surface area contributed by atoms with Crippen LogP contribution in [0, 0.1) is 0 Å². The Hall–Kier alpha value is -0.940. The molecular weight excluding hydrogens is 212 g/mol. The zero-order valence-corrected chi connectivity index (χ0v) is 9.29. The number of rotatable bonds is 4. The van der Waals surface area contributed by atoms with Gasteiger partial charge in [-0.05, 0) is 25.9 Å². The molecule has 1 saturated heterocycles. The molecule has 0 spiro atoms. The summed E-state index contributed by atoms with van der Waals surface area (Å²) in [7, 11) is 0. The van der Waals surface area contributed by atoms with Crippen LogP contribution in [0.25, 0.3) is 0 Å². The molecule has 1 aliphatic rings. The molecule has 0 amide bonds. The van der Waals surface area contributed by atoms with Crippen molar-refractivity contribution in [1.82, 2.24) is 9.88 Å². The van der Waals surface area contributed by atoms with E-state index in [1.54, 1.807) is 5.38 Å². The molecule has 0 bridgehead atoms. The normalized spacial score (nSPS) is 17.1. The number of carboxylic acids is 1. The Morgan fingerprint density at radius 2 is 2.27 bits per heavy atom. The molecule has 2 heterocycles. The molecule has 4 nitrogen and oxygen atoms in total. The lowest BCUT2D eigenvalue weighted by molar-refractivity contribution is 0.0691. The summed E-state index contributed by atoms with van der Waals surface area (Å²) in [6.45, 7) is 3.36. The van der Waals surface area contributed by atoms with E-state index in [2.05, 4.69) is 9.88 Å². The fraction of sp³-hybridized carbons (Fsp3) is 0.600. The van der Waals surface area contributed by atoms with Crippen molar-refractivity contribution >= 4 is 17.3 Å². The number of nitrogens with zero attached hydrogens (tertiary/aromatic N) is 2. The van der Waals surface area contributed by atoms with Gasteiger partial charge in [0.1, 0.15) is 0 Å². The summed E-state index contributed by atoms with van der Waals surface area (Å²) in [6, 6.07) is 0. The minimum Gasteiger partial charge on any atom is -0.476 e. The van der Waals surface area contributed by atoms with Crippen LogP contribution in [-0.4, -0.2) is 40.6 Å². The maximum Gasteiger partial charge on any atom is 0.355 e. The lowest BCUT2D eigenvalue weighted by atomic mass is 10.4. The van der Waals surface area contributed by atoms with Crippen molar-refractivity contribution in [2.45, 2.75) is 19.3 Å². The number of aromatic carboxylic acids is 1. The van der Waals surface area contributed by atoms with E-state index in [1.165, 1.54) is 37.3 Å². The Morgan fingerprint density at radius 1 is 1.53 bits per heavy atom. The smallest absolute Gasteiger partial charge is 0.355 e. The fourth-order valence-electron chi connectivity index (χ4n) is 1.78. The topological polar surface area (TPSA) is 53.4 Å². The summed E-state index contributed by atoms with van der Waals surface area (Å²) >= 11 is 1.44. The largest absolute Gasteiger partial charge is 0.476 e. The SMILES string of the molecule is O=C(O)c1csc(CCN2CCCC2)n1. The Balaban J connectivity index is 1.84. The van der Waals surface area contributed by atoms with Crippen molar-refractivity contribution in [3.8, 4) is 0 Å². The first-order valence-corrected chi connectivity index (χ1v) is 6.04. The minimum atomic E-state index is -0.932. The number of aromatic nitrogens is 1. The van der Waals surface area contributed by atoms with Crippen LogP contribution in [-0.2, 0) is 6.42 Å². The molecule has 15 heavy (non-hydrogen) atoms. The van der Waals surface area contributed by atoms with Crippen molar-refractivity contribution in [3.05, 3.63) is 16.1 Å². The summed E-state index contributed by atoms with van der Waals surface area (Å²) in [6.07, 6.45) is 3.45. The molecule has 82 valence electrons. The minimum absolute atomic E-state index is 0.177. The highest BCUT2D eigenvalue weighted by Gasteiger charge is 2.13. The van der Waals surface area contributed by atoms with Gasteiger partial charge >= 0.3 is 5.97 Å². The second-order valence-electron chi connectivity index (χ2n) is 3.73. The lowest BCUT2D eigenvalue weighted by Crippen LogP contribution is -2.21. The number of likely N-dealkylation sites (tertiary alicyclic amines) is 1. The number of carboxylic acid groups (broad SMARTS) is 1. The van der Waals surface area contributed by atoms with E-state index in [0.717, 1.165) is 18.0 Å². The van der Waals surface area contributed by atoms with Gasteiger partial charge in [0.15, 0.2) is 5.69 Å². The average molecular weight is 226 g/mol. The summed E-state index contributed by atoms with van der Waals surface area (Å²) in [5.41, 5.74) is 0.177. The maximum atomic E-state index is 10.6. The van der Waals surface area contributed by atoms with E-state index in [-0.39, 0.29) is 5.69 Å². The zero-order chi connectivity index (χ0) is 10.7. The van der Waals surface area contributed by atoms with Crippen LogP contribution in [0.1, 0.15) is 28.3 Å². The molecule has 1 aromatic rings. The summed E-state index contributed by atoms with van der Waals surface area (Å²) in [4.78, 5) is 17.1. The Kier molecular flexibility index (Phi) is 3.33. The first-order chi connectivity index (χ1) is 7.25. The molecule has 0 radical (unpaired) electrons. The first kappa shape index (κ1) is 10.6. The van der Waals surface area contributed by atoms with Gasteiger partial charge < -0.3 is 10.0 Å². The molecule has 5 heteroatoms. The van der Waals surface area contributed by atoms with E-state index < -0.39 is 5.97 Å². The van der Waals surface area contributed by atoms with Gasteiger partial charge in [0.25, 0.3) is 0 Å². The second kappa shape index (κ2) is 4.72. The fourth-order valence-corrected chi connectivity index (χ4v) is 2.55. The first-order valence-electron chi connectivity index (χ1n) is 5.16. The van der Waals surface area contributed by atoms with E-state index in [9.17, 15) is 4.79 Å². The number of thiazole rings is 1. The van der Waals surface area contributed by atoms with E-state index in [0.29, 0.717) is 0 Å². The van der Waals surface area contributed by atoms with Gasteiger partial charge in [-0.2, -0.15) is 0 Å². The second-order valence-corrected chi connectivity index (χ2v) is 4.67. The third-order valence-electron chi connectivity index (χ3n) is 2.61. The highest BCUT2D eigenvalue weighted by atomic mass is 32.1. The summed E-state index contributed by atoms with van der Waals surface area (Å²) in [5, 5.41) is 11.3. The molecule has 0 unspecified atom stereocenters. The molecular formula is C10H14N2O2S. The summed E-state index contributed by atoms with van der Waals surface area (Å²) in [5.74, 6) is -0.932. The molecule has 0 aromatic carbocycles. The Labute approximate surface area is 92.6 Å². The molecule has 1 N–H and O–H groups in total. The third-order valence-corrected chi connectivity index (χ3v) is 3.52. The van der Waals surface area contributed by atoms with Crippen LogP contribution in [0.5, 0.6) is 0 Å². The van der Waals surface area contributed by atoms with Crippen LogP contribution >= 0.6 is 11.3 Å². The molecule has 0 atom stereocenters. The van der Waals surface area contributed by atoms with Gasteiger partial charge in [0.2, 0.25) is 0 Å². The van der Waals surface area contributed by atoms with Gasteiger partial charge in [-0.3, -0.25) is 0 Å². The molecule has 1 aromatic heterocycles. The number of hydrogen-bond acceptors (Lipinski definition) is 4. The molecule has 1 fully saturated rings.